The quantitative estimate of drug-likeness (QED) is 0.901. The lowest BCUT2D eigenvalue weighted by Crippen LogP contribution is -2.16. The van der Waals surface area contributed by atoms with Gasteiger partial charge < -0.3 is 5.11 Å². The van der Waals surface area contributed by atoms with Crippen molar-refractivity contribution in [2.24, 2.45) is 0 Å². The number of hydrogen-bond acceptors (Lipinski definition) is 4. The fourth-order valence-corrected chi connectivity index (χ4v) is 3.45. The van der Waals surface area contributed by atoms with Crippen LogP contribution >= 0.6 is 11.3 Å². The summed E-state index contributed by atoms with van der Waals surface area (Å²) in [5, 5.41) is 12.8. The number of rotatable bonds is 2. The SMILES string of the molecule is OC1CCC(c2nc(-c3cccnc3)cs2)CC1. The third kappa shape index (κ3) is 2.44. The molecule has 0 radical (unpaired) electrons. The van der Waals surface area contributed by atoms with Gasteiger partial charge in [-0.25, -0.2) is 4.98 Å². The van der Waals surface area contributed by atoms with E-state index in [1.807, 2.05) is 18.3 Å². The van der Waals surface area contributed by atoms with Crippen molar-refractivity contribution in [2.45, 2.75) is 37.7 Å². The minimum atomic E-state index is -0.0981. The van der Waals surface area contributed by atoms with E-state index in [4.69, 9.17) is 4.98 Å². The van der Waals surface area contributed by atoms with Gasteiger partial charge >= 0.3 is 0 Å². The molecule has 0 aromatic carbocycles. The number of thiazole rings is 1. The van der Waals surface area contributed by atoms with Gasteiger partial charge in [0.2, 0.25) is 0 Å². The number of aromatic nitrogens is 2. The normalized spacial score (nSPS) is 24.1. The lowest BCUT2D eigenvalue weighted by atomic mass is 9.88. The lowest BCUT2D eigenvalue weighted by Gasteiger charge is -2.23. The number of nitrogens with zero attached hydrogens (tertiary/aromatic N) is 2. The first-order chi connectivity index (χ1) is 8.83. The van der Waals surface area contributed by atoms with Gasteiger partial charge in [0, 0.05) is 29.3 Å². The maximum Gasteiger partial charge on any atom is 0.0963 e. The zero-order valence-corrected chi connectivity index (χ0v) is 10.9. The van der Waals surface area contributed by atoms with Gasteiger partial charge in [0.05, 0.1) is 16.8 Å². The summed E-state index contributed by atoms with van der Waals surface area (Å²) in [5.74, 6) is 0.531. The average Bonchev–Trinajstić information content (AvgIpc) is 2.90. The first kappa shape index (κ1) is 11.8. The van der Waals surface area contributed by atoms with Crippen molar-refractivity contribution in [1.29, 1.82) is 0 Å². The van der Waals surface area contributed by atoms with Crippen molar-refractivity contribution in [2.75, 3.05) is 0 Å². The number of hydrogen-bond donors (Lipinski definition) is 1. The summed E-state index contributed by atoms with van der Waals surface area (Å²) in [6.07, 6.45) is 7.46. The van der Waals surface area contributed by atoms with Crippen LogP contribution in [0.25, 0.3) is 11.3 Å². The molecule has 1 fully saturated rings. The van der Waals surface area contributed by atoms with Crippen molar-refractivity contribution >= 4 is 11.3 Å². The highest BCUT2D eigenvalue weighted by Crippen LogP contribution is 2.35. The van der Waals surface area contributed by atoms with Crippen LogP contribution in [0.1, 0.15) is 36.6 Å². The van der Waals surface area contributed by atoms with E-state index in [1.165, 1.54) is 5.01 Å². The van der Waals surface area contributed by atoms with E-state index in [2.05, 4.69) is 10.4 Å². The van der Waals surface area contributed by atoms with E-state index >= 15 is 0 Å². The van der Waals surface area contributed by atoms with Crippen LogP contribution in [0.15, 0.2) is 29.9 Å². The Hall–Kier alpha value is -1.26. The maximum atomic E-state index is 9.53. The molecule has 18 heavy (non-hydrogen) atoms. The van der Waals surface area contributed by atoms with Crippen LogP contribution in [0.2, 0.25) is 0 Å². The first-order valence-corrected chi connectivity index (χ1v) is 7.25. The Kier molecular flexibility index (Phi) is 3.39. The fourth-order valence-electron chi connectivity index (χ4n) is 2.44. The second-order valence-electron chi connectivity index (χ2n) is 4.82. The van der Waals surface area contributed by atoms with Gasteiger partial charge in [-0.2, -0.15) is 0 Å². The van der Waals surface area contributed by atoms with Crippen LogP contribution in [0.4, 0.5) is 0 Å². The topological polar surface area (TPSA) is 46.0 Å². The largest absolute Gasteiger partial charge is 0.393 e. The van der Waals surface area contributed by atoms with Crippen LogP contribution in [0.3, 0.4) is 0 Å². The summed E-state index contributed by atoms with van der Waals surface area (Å²) in [6.45, 7) is 0. The van der Waals surface area contributed by atoms with E-state index in [0.29, 0.717) is 5.92 Å². The van der Waals surface area contributed by atoms with Gasteiger partial charge in [-0.15, -0.1) is 11.3 Å². The van der Waals surface area contributed by atoms with Crippen molar-refractivity contribution in [3.05, 3.63) is 34.9 Å². The van der Waals surface area contributed by atoms with Crippen molar-refractivity contribution in [3.63, 3.8) is 0 Å². The molecule has 1 aliphatic carbocycles. The molecule has 0 saturated heterocycles. The Bertz CT molecular complexity index is 504. The van der Waals surface area contributed by atoms with Crippen molar-refractivity contribution in [3.8, 4) is 11.3 Å². The van der Waals surface area contributed by atoms with Gasteiger partial charge in [0.1, 0.15) is 0 Å². The Morgan fingerprint density at radius 1 is 1.22 bits per heavy atom. The molecule has 4 heteroatoms. The molecule has 2 aromatic rings. The van der Waals surface area contributed by atoms with Crippen LogP contribution in [0, 0.1) is 0 Å². The lowest BCUT2D eigenvalue weighted by molar-refractivity contribution is 0.122. The summed E-state index contributed by atoms with van der Waals surface area (Å²) in [4.78, 5) is 8.85. The van der Waals surface area contributed by atoms with Crippen molar-refractivity contribution < 1.29 is 5.11 Å². The highest BCUT2D eigenvalue weighted by Gasteiger charge is 2.23. The fraction of sp³-hybridized carbons (Fsp3) is 0.429. The van der Waals surface area contributed by atoms with Gasteiger partial charge in [-0.1, -0.05) is 0 Å². The number of pyridine rings is 1. The van der Waals surface area contributed by atoms with E-state index in [0.717, 1.165) is 36.9 Å². The third-order valence-corrected chi connectivity index (χ3v) is 4.53. The third-order valence-electron chi connectivity index (χ3n) is 3.53. The van der Waals surface area contributed by atoms with Gasteiger partial charge in [-0.3, -0.25) is 4.98 Å². The summed E-state index contributed by atoms with van der Waals surface area (Å²) < 4.78 is 0. The van der Waals surface area contributed by atoms with E-state index in [-0.39, 0.29) is 6.10 Å². The molecule has 94 valence electrons. The molecule has 2 heterocycles. The summed E-state index contributed by atoms with van der Waals surface area (Å²) in [7, 11) is 0. The molecule has 2 aromatic heterocycles. The molecule has 1 N–H and O–H groups in total. The molecule has 1 saturated carbocycles. The van der Waals surface area contributed by atoms with Gasteiger partial charge in [0.25, 0.3) is 0 Å². The average molecular weight is 260 g/mol. The minimum absolute atomic E-state index is 0.0981. The Morgan fingerprint density at radius 3 is 2.78 bits per heavy atom. The highest BCUT2D eigenvalue weighted by molar-refractivity contribution is 7.10. The van der Waals surface area contributed by atoms with Crippen LogP contribution in [-0.4, -0.2) is 21.2 Å². The standard InChI is InChI=1S/C14H16N2OS/c17-12-5-3-10(4-6-12)14-16-13(9-18-14)11-2-1-7-15-8-11/h1-2,7-10,12,17H,3-6H2. The molecule has 0 atom stereocenters. The monoisotopic (exact) mass is 260 g/mol. The predicted octanol–water partition coefficient (Wildman–Crippen LogP) is 3.22. The highest BCUT2D eigenvalue weighted by atomic mass is 32.1. The molecule has 3 rings (SSSR count). The minimum Gasteiger partial charge on any atom is -0.393 e. The first-order valence-electron chi connectivity index (χ1n) is 6.37. The van der Waals surface area contributed by atoms with Gasteiger partial charge in [-0.05, 0) is 37.8 Å². The maximum absolute atomic E-state index is 9.53. The zero-order chi connectivity index (χ0) is 12.4. The molecule has 0 aliphatic heterocycles. The second kappa shape index (κ2) is 5.16. The van der Waals surface area contributed by atoms with Crippen LogP contribution in [0.5, 0.6) is 0 Å². The molecule has 0 bridgehead atoms. The molecule has 3 nitrogen and oxygen atoms in total. The Labute approximate surface area is 111 Å². The van der Waals surface area contributed by atoms with Crippen molar-refractivity contribution in [1.82, 2.24) is 9.97 Å². The number of aliphatic hydroxyl groups excluding tert-OH is 1. The second-order valence-corrected chi connectivity index (χ2v) is 5.71. The number of aliphatic hydroxyl groups is 1. The molecule has 0 unspecified atom stereocenters. The smallest absolute Gasteiger partial charge is 0.0963 e. The molecule has 1 aliphatic rings. The predicted molar refractivity (Wildman–Crippen MR) is 72.6 cm³/mol. The van der Waals surface area contributed by atoms with E-state index in [1.54, 1.807) is 17.5 Å². The summed E-state index contributed by atoms with van der Waals surface area (Å²) in [6, 6.07) is 3.97. The summed E-state index contributed by atoms with van der Waals surface area (Å²) in [5.41, 5.74) is 2.10. The zero-order valence-electron chi connectivity index (χ0n) is 10.1. The molecule has 0 spiro atoms. The van der Waals surface area contributed by atoms with Crippen LogP contribution < -0.4 is 0 Å². The Morgan fingerprint density at radius 2 is 2.06 bits per heavy atom. The van der Waals surface area contributed by atoms with Crippen LogP contribution in [-0.2, 0) is 0 Å². The van der Waals surface area contributed by atoms with Gasteiger partial charge in [0.15, 0.2) is 0 Å². The molecular weight excluding hydrogens is 244 g/mol. The molecular formula is C14H16N2OS. The molecule has 0 amide bonds. The van der Waals surface area contributed by atoms with E-state index < -0.39 is 0 Å². The Balaban J connectivity index is 1.78. The van der Waals surface area contributed by atoms with E-state index in [9.17, 15) is 5.11 Å². The summed E-state index contributed by atoms with van der Waals surface area (Å²) >= 11 is 1.73.